The van der Waals surface area contributed by atoms with Crippen LogP contribution in [-0.4, -0.2) is 35.7 Å². The SMILES string of the molecule is O=C(NCC1(O)CCC1)C1CCCCN1. The van der Waals surface area contributed by atoms with Crippen molar-refractivity contribution in [1.29, 1.82) is 0 Å². The van der Waals surface area contributed by atoms with E-state index in [0.717, 1.165) is 45.1 Å². The fourth-order valence-electron chi connectivity index (χ4n) is 2.21. The summed E-state index contributed by atoms with van der Waals surface area (Å²) in [4.78, 5) is 11.7. The molecule has 0 radical (unpaired) electrons. The Kier molecular flexibility index (Phi) is 3.26. The monoisotopic (exact) mass is 212 g/mol. The predicted octanol–water partition coefficient (Wildman–Crippen LogP) is 0.160. The van der Waals surface area contributed by atoms with E-state index in [-0.39, 0.29) is 11.9 Å². The molecule has 0 aromatic rings. The highest BCUT2D eigenvalue weighted by atomic mass is 16.3. The van der Waals surface area contributed by atoms with Gasteiger partial charge in [-0.05, 0) is 38.6 Å². The number of rotatable bonds is 3. The molecule has 15 heavy (non-hydrogen) atoms. The molecule has 1 aliphatic carbocycles. The minimum Gasteiger partial charge on any atom is -0.388 e. The first-order chi connectivity index (χ1) is 7.20. The highest BCUT2D eigenvalue weighted by Gasteiger charge is 2.35. The molecular weight excluding hydrogens is 192 g/mol. The van der Waals surface area contributed by atoms with E-state index < -0.39 is 5.60 Å². The number of hydrogen-bond donors (Lipinski definition) is 3. The molecule has 0 spiro atoms. The van der Waals surface area contributed by atoms with Gasteiger partial charge in [-0.1, -0.05) is 6.42 Å². The van der Waals surface area contributed by atoms with Crippen LogP contribution in [-0.2, 0) is 4.79 Å². The van der Waals surface area contributed by atoms with Gasteiger partial charge in [0.05, 0.1) is 11.6 Å². The van der Waals surface area contributed by atoms with Crippen molar-refractivity contribution >= 4 is 5.91 Å². The van der Waals surface area contributed by atoms with Gasteiger partial charge in [-0.25, -0.2) is 0 Å². The summed E-state index contributed by atoms with van der Waals surface area (Å²) in [5.41, 5.74) is -0.607. The Balaban J connectivity index is 1.71. The summed E-state index contributed by atoms with van der Waals surface area (Å²) in [5, 5.41) is 15.9. The minimum absolute atomic E-state index is 0.0394. The van der Waals surface area contributed by atoms with Gasteiger partial charge in [-0.3, -0.25) is 4.79 Å². The van der Waals surface area contributed by atoms with Crippen LogP contribution in [0, 0.1) is 0 Å². The van der Waals surface area contributed by atoms with Gasteiger partial charge >= 0.3 is 0 Å². The second kappa shape index (κ2) is 4.49. The summed E-state index contributed by atoms with van der Waals surface area (Å²) in [6.45, 7) is 1.35. The molecule has 2 fully saturated rings. The standard InChI is InChI=1S/C11H20N2O2/c14-10(9-4-1-2-7-12-9)13-8-11(15)5-3-6-11/h9,12,15H,1-8H2,(H,13,14). The lowest BCUT2D eigenvalue weighted by Gasteiger charge is -2.37. The van der Waals surface area contributed by atoms with Gasteiger partial charge in [0.1, 0.15) is 0 Å². The average Bonchev–Trinajstić information content (AvgIpc) is 2.24. The number of nitrogens with one attached hydrogen (secondary N) is 2. The number of piperidine rings is 1. The maximum atomic E-state index is 11.7. The third-order valence-electron chi connectivity index (χ3n) is 3.50. The van der Waals surface area contributed by atoms with Crippen molar-refractivity contribution in [3.8, 4) is 0 Å². The Hall–Kier alpha value is -0.610. The fraction of sp³-hybridized carbons (Fsp3) is 0.909. The lowest BCUT2D eigenvalue weighted by atomic mass is 9.80. The van der Waals surface area contributed by atoms with E-state index in [0.29, 0.717) is 6.54 Å². The van der Waals surface area contributed by atoms with Crippen LogP contribution in [0.4, 0.5) is 0 Å². The molecule has 2 rings (SSSR count). The van der Waals surface area contributed by atoms with Crippen LogP contribution in [0.2, 0.25) is 0 Å². The Morgan fingerprint density at radius 3 is 2.73 bits per heavy atom. The normalized spacial score (nSPS) is 29.3. The third-order valence-corrected chi connectivity index (χ3v) is 3.50. The Bertz CT molecular complexity index is 233. The maximum absolute atomic E-state index is 11.7. The molecule has 1 saturated heterocycles. The van der Waals surface area contributed by atoms with Gasteiger partial charge in [0.15, 0.2) is 0 Å². The lowest BCUT2D eigenvalue weighted by molar-refractivity contribution is -0.126. The zero-order valence-corrected chi connectivity index (χ0v) is 9.09. The van der Waals surface area contributed by atoms with E-state index in [1.54, 1.807) is 0 Å². The topological polar surface area (TPSA) is 61.4 Å². The third kappa shape index (κ3) is 2.69. The average molecular weight is 212 g/mol. The summed E-state index contributed by atoms with van der Waals surface area (Å²) in [6, 6.07) is -0.0394. The van der Waals surface area contributed by atoms with Gasteiger partial charge < -0.3 is 15.7 Å². The van der Waals surface area contributed by atoms with E-state index in [4.69, 9.17) is 0 Å². The number of hydrogen-bond acceptors (Lipinski definition) is 3. The second-order valence-corrected chi connectivity index (χ2v) is 4.80. The molecule has 1 atom stereocenters. The molecule has 0 aromatic heterocycles. The van der Waals surface area contributed by atoms with Gasteiger partial charge in [0.2, 0.25) is 5.91 Å². The zero-order chi connectivity index (χ0) is 10.7. The molecule has 1 aliphatic heterocycles. The molecule has 0 bridgehead atoms. The van der Waals surface area contributed by atoms with Crippen LogP contribution in [0.15, 0.2) is 0 Å². The molecule has 1 saturated carbocycles. The number of amides is 1. The highest BCUT2D eigenvalue weighted by Crippen LogP contribution is 2.30. The first-order valence-corrected chi connectivity index (χ1v) is 5.93. The van der Waals surface area contributed by atoms with E-state index in [1.165, 1.54) is 0 Å². The zero-order valence-electron chi connectivity index (χ0n) is 9.09. The molecule has 2 aliphatic rings. The Morgan fingerprint density at radius 2 is 2.20 bits per heavy atom. The molecule has 1 amide bonds. The van der Waals surface area contributed by atoms with Crippen molar-refractivity contribution in [3.63, 3.8) is 0 Å². The largest absolute Gasteiger partial charge is 0.388 e. The molecule has 3 N–H and O–H groups in total. The van der Waals surface area contributed by atoms with Crippen LogP contribution in [0.3, 0.4) is 0 Å². The quantitative estimate of drug-likeness (QED) is 0.624. The van der Waals surface area contributed by atoms with E-state index >= 15 is 0 Å². The maximum Gasteiger partial charge on any atom is 0.237 e. The van der Waals surface area contributed by atoms with Gasteiger partial charge in [0.25, 0.3) is 0 Å². The Labute approximate surface area is 90.4 Å². The fourth-order valence-corrected chi connectivity index (χ4v) is 2.21. The van der Waals surface area contributed by atoms with Crippen LogP contribution in [0.5, 0.6) is 0 Å². The van der Waals surface area contributed by atoms with Crippen molar-refractivity contribution < 1.29 is 9.90 Å². The molecule has 0 aromatic carbocycles. The summed E-state index contributed by atoms with van der Waals surface area (Å²) in [7, 11) is 0. The first kappa shape index (κ1) is 10.9. The smallest absolute Gasteiger partial charge is 0.237 e. The first-order valence-electron chi connectivity index (χ1n) is 5.93. The molecule has 86 valence electrons. The van der Waals surface area contributed by atoms with Crippen molar-refractivity contribution in [1.82, 2.24) is 10.6 Å². The van der Waals surface area contributed by atoms with Crippen LogP contribution < -0.4 is 10.6 Å². The number of carbonyl (C=O) groups is 1. The van der Waals surface area contributed by atoms with Crippen molar-refractivity contribution in [3.05, 3.63) is 0 Å². The van der Waals surface area contributed by atoms with Crippen LogP contribution >= 0.6 is 0 Å². The highest BCUT2D eigenvalue weighted by molar-refractivity contribution is 5.81. The van der Waals surface area contributed by atoms with Crippen molar-refractivity contribution in [2.45, 2.75) is 50.2 Å². The van der Waals surface area contributed by atoms with Crippen LogP contribution in [0.25, 0.3) is 0 Å². The molecule has 4 nitrogen and oxygen atoms in total. The second-order valence-electron chi connectivity index (χ2n) is 4.80. The minimum atomic E-state index is -0.607. The summed E-state index contributed by atoms with van der Waals surface area (Å²) in [6.07, 6.45) is 5.93. The van der Waals surface area contributed by atoms with Crippen molar-refractivity contribution in [2.24, 2.45) is 0 Å². The van der Waals surface area contributed by atoms with Gasteiger partial charge in [-0.2, -0.15) is 0 Å². The summed E-state index contributed by atoms with van der Waals surface area (Å²) in [5.74, 6) is 0.0509. The van der Waals surface area contributed by atoms with Gasteiger partial charge in [0, 0.05) is 6.54 Å². The van der Waals surface area contributed by atoms with Crippen molar-refractivity contribution in [2.75, 3.05) is 13.1 Å². The lowest BCUT2D eigenvalue weighted by Crippen LogP contribution is -2.53. The Morgan fingerprint density at radius 1 is 1.40 bits per heavy atom. The molecular formula is C11H20N2O2. The predicted molar refractivity (Wildman–Crippen MR) is 57.5 cm³/mol. The molecule has 1 unspecified atom stereocenters. The summed E-state index contributed by atoms with van der Waals surface area (Å²) < 4.78 is 0. The van der Waals surface area contributed by atoms with E-state index in [9.17, 15) is 9.90 Å². The summed E-state index contributed by atoms with van der Waals surface area (Å²) >= 11 is 0. The van der Waals surface area contributed by atoms with Gasteiger partial charge in [-0.15, -0.1) is 0 Å². The number of aliphatic hydroxyl groups is 1. The molecule has 1 heterocycles. The van der Waals surface area contributed by atoms with E-state index in [1.807, 2.05) is 0 Å². The molecule has 4 heteroatoms. The van der Waals surface area contributed by atoms with Crippen LogP contribution in [0.1, 0.15) is 38.5 Å². The van der Waals surface area contributed by atoms with E-state index in [2.05, 4.69) is 10.6 Å². The number of carbonyl (C=O) groups excluding carboxylic acids is 1.